The Morgan fingerprint density at radius 2 is 1.83 bits per heavy atom. The number of benzene rings is 1. The van der Waals surface area contributed by atoms with Crippen LogP contribution in [0.2, 0.25) is 10.0 Å². The second-order valence-corrected chi connectivity index (χ2v) is 4.91. The molecule has 4 nitrogen and oxygen atoms in total. The normalized spacial score (nSPS) is 14.1. The first-order chi connectivity index (χ1) is 8.40. The molecule has 0 aromatic heterocycles. The van der Waals surface area contributed by atoms with E-state index in [4.69, 9.17) is 28.3 Å². The van der Waals surface area contributed by atoms with Gasteiger partial charge in [-0.25, -0.2) is 0 Å². The van der Waals surface area contributed by atoms with Gasteiger partial charge in [0.15, 0.2) is 6.10 Å². The van der Waals surface area contributed by atoms with Gasteiger partial charge in [0.05, 0.1) is 6.10 Å². The fourth-order valence-corrected chi connectivity index (χ4v) is 1.93. The Hall–Kier alpha value is -0.810. The van der Waals surface area contributed by atoms with Crippen LogP contribution in [0.1, 0.15) is 25.0 Å². The standard InChI is InChI=1S/C12H15Cl2NO3/c1-7(16)2-3-15-12(18)11(17)8-4-9(13)6-10(14)5-8/h4-7,11,16-17H,2-3H2,1H3,(H,15,18). The second-order valence-electron chi connectivity index (χ2n) is 4.03. The molecule has 0 aliphatic carbocycles. The highest BCUT2D eigenvalue weighted by Gasteiger charge is 2.17. The zero-order valence-corrected chi connectivity index (χ0v) is 11.4. The SMILES string of the molecule is CC(O)CCNC(=O)C(O)c1cc(Cl)cc(Cl)c1. The molecule has 1 aromatic carbocycles. The number of hydrogen-bond donors (Lipinski definition) is 3. The molecule has 0 heterocycles. The monoisotopic (exact) mass is 291 g/mol. The lowest BCUT2D eigenvalue weighted by Gasteiger charge is -2.13. The topological polar surface area (TPSA) is 69.6 Å². The fraction of sp³-hybridized carbons (Fsp3) is 0.417. The first-order valence-corrected chi connectivity index (χ1v) is 6.25. The van der Waals surface area contributed by atoms with Crippen LogP contribution in [0.25, 0.3) is 0 Å². The Morgan fingerprint density at radius 3 is 2.33 bits per heavy atom. The van der Waals surface area contributed by atoms with E-state index in [0.717, 1.165) is 0 Å². The van der Waals surface area contributed by atoms with E-state index >= 15 is 0 Å². The van der Waals surface area contributed by atoms with Gasteiger partial charge in [-0.15, -0.1) is 0 Å². The molecule has 0 fully saturated rings. The average molecular weight is 292 g/mol. The highest BCUT2D eigenvalue weighted by Crippen LogP contribution is 2.23. The van der Waals surface area contributed by atoms with Gasteiger partial charge < -0.3 is 15.5 Å². The highest BCUT2D eigenvalue weighted by molar-refractivity contribution is 6.34. The van der Waals surface area contributed by atoms with Crippen molar-refractivity contribution in [1.29, 1.82) is 0 Å². The second kappa shape index (κ2) is 6.95. The van der Waals surface area contributed by atoms with E-state index in [9.17, 15) is 9.90 Å². The van der Waals surface area contributed by atoms with E-state index in [0.29, 0.717) is 28.6 Å². The largest absolute Gasteiger partial charge is 0.393 e. The number of aliphatic hydroxyl groups excluding tert-OH is 2. The van der Waals surface area contributed by atoms with Crippen molar-refractivity contribution in [2.45, 2.75) is 25.6 Å². The van der Waals surface area contributed by atoms with E-state index < -0.39 is 18.1 Å². The maximum atomic E-state index is 11.6. The van der Waals surface area contributed by atoms with Crippen molar-refractivity contribution in [3.63, 3.8) is 0 Å². The summed E-state index contributed by atoms with van der Waals surface area (Å²) in [4.78, 5) is 11.6. The number of hydrogen-bond acceptors (Lipinski definition) is 3. The molecule has 0 spiro atoms. The Balaban J connectivity index is 2.62. The van der Waals surface area contributed by atoms with Crippen LogP contribution < -0.4 is 5.32 Å². The summed E-state index contributed by atoms with van der Waals surface area (Å²) in [5.41, 5.74) is 0.335. The summed E-state index contributed by atoms with van der Waals surface area (Å²) >= 11 is 11.6. The van der Waals surface area contributed by atoms with Crippen LogP contribution >= 0.6 is 23.2 Å². The smallest absolute Gasteiger partial charge is 0.253 e. The van der Waals surface area contributed by atoms with Crippen LogP contribution in [0, 0.1) is 0 Å². The predicted molar refractivity (Wildman–Crippen MR) is 70.7 cm³/mol. The van der Waals surface area contributed by atoms with Crippen LogP contribution in [0.5, 0.6) is 0 Å². The summed E-state index contributed by atoms with van der Waals surface area (Å²) in [5.74, 6) is -0.547. The molecule has 1 amide bonds. The number of carbonyl (C=O) groups is 1. The predicted octanol–water partition coefficient (Wildman–Crippen LogP) is 1.91. The molecule has 0 aliphatic heterocycles. The molecule has 3 N–H and O–H groups in total. The third kappa shape index (κ3) is 4.82. The van der Waals surface area contributed by atoms with Crippen LogP contribution in [-0.2, 0) is 4.79 Å². The van der Waals surface area contributed by atoms with Crippen LogP contribution in [-0.4, -0.2) is 28.8 Å². The first kappa shape index (κ1) is 15.2. The zero-order chi connectivity index (χ0) is 13.7. The van der Waals surface area contributed by atoms with Gasteiger partial charge in [0.1, 0.15) is 0 Å². The fourth-order valence-electron chi connectivity index (χ4n) is 1.39. The van der Waals surface area contributed by atoms with Crippen molar-refractivity contribution in [1.82, 2.24) is 5.32 Å². The number of nitrogens with one attached hydrogen (secondary N) is 1. The lowest BCUT2D eigenvalue weighted by atomic mass is 10.1. The number of carbonyl (C=O) groups excluding carboxylic acids is 1. The van der Waals surface area contributed by atoms with Gasteiger partial charge in [-0.2, -0.15) is 0 Å². The molecule has 0 radical (unpaired) electrons. The van der Waals surface area contributed by atoms with E-state index in [1.165, 1.54) is 18.2 Å². The molecule has 0 aliphatic rings. The molecule has 0 saturated heterocycles. The van der Waals surface area contributed by atoms with Gasteiger partial charge in [0.2, 0.25) is 0 Å². The summed E-state index contributed by atoms with van der Waals surface area (Å²) < 4.78 is 0. The Morgan fingerprint density at radius 1 is 1.28 bits per heavy atom. The molecule has 6 heteroatoms. The first-order valence-electron chi connectivity index (χ1n) is 5.50. The zero-order valence-electron chi connectivity index (χ0n) is 9.86. The van der Waals surface area contributed by atoms with Crippen molar-refractivity contribution < 1.29 is 15.0 Å². The van der Waals surface area contributed by atoms with Crippen molar-refractivity contribution in [2.75, 3.05) is 6.54 Å². The molecule has 100 valence electrons. The van der Waals surface area contributed by atoms with Gasteiger partial charge in [0, 0.05) is 16.6 Å². The molecular weight excluding hydrogens is 277 g/mol. The van der Waals surface area contributed by atoms with Gasteiger partial charge >= 0.3 is 0 Å². The van der Waals surface area contributed by atoms with Gasteiger partial charge in [-0.3, -0.25) is 4.79 Å². The summed E-state index contributed by atoms with van der Waals surface area (Å²) in [7, 11) is 0. The van der Waals surface area contributed by atoms with Crippen molar-refractivity contribution >= 4 is 29.1 Å². The van der Waals surface area contributed by atoms with Crippen molar-refractivity contribution in [3.05, 3.63) is 33.8 Å². The third-order valence-electron chi connectivity index (χ3n) is 2.31. The maximum Gasteiger partial charge on any atom is 0.253 e. The van der Waals surface area contributed by atoms with Gasteiger partial charge in [-0.05, 0) is 37.1 Å². The summed E-state index contributed by atoms with van der Waals surface area (Å²) in [6.07, 6.45) is -1.40. The number of aliphatic hydroxyl groups is 2. The van der Waals surface area contributed by atoms with Crippen molar-refractivity contribution in [2.24, 2.45) is 0 Å². The minimum atomic E-state index is -1.32. The molecule has 1 rings (SSSR count). The molecule has 0 bridgehead atoms. The molecule has 18 heavy (non-hydrogen) atoms. The van der Waals surface area contributed by atoms with Crippen molar-refractivity contribution in [3.8, 4) is 0 Å². The lowest BCUT2D eigenvalue weighted by molar-refractivity contribution is -0.129. The minimum Gasteiger partial charge on any atom is -0.393 e. The van der Waals surface area contributed by atoms with Crippen LogP contribution in [0.15, 0.2) is 18.2 Å². The molecule has 2 atom stereocenters. The van der Waals surface area contributed by atoms with Crippen LogP contribution in [0.3, 0.4) is 0 Å². The summed E-state index contributed by atoms with van der Waals surface area (Å²) in [6.45, 7) is 1.92. The third-order valence-corrected chi connectivity index (χ3v) is 2.75. The van der Waals surface area contributed by atoms with E-state index in [2.05, 4.69) is 5.32 Å². The summed E-state index contributed by atoms with van der Waals surface area (Å²) in [6, 6.07) is 4.48. The lowest BCUT2D eigenvalue weighted by Crippen LogP contribution is -2.31. The van der Waals surface area contributed by atoms with Gasteiger partial charge in [0.25, 0.3) is 5.91 Å². The van der Waals surface area contributed by atoms with E-state index in [1.54, 1.807) is 6.92 Å². The molecular formula is C12H15Cl2NO3. The van der Waals surface area contributed by atoms with E-state index in [-0.39, 0.29) is 0 Å². The Bertz CT molecular complexity index is 404. The number of halogens is 2. The average Bonchev–Trinajstić information content (AvgIpc) is 2.26. The molecule has 0 saturated carbocycles. The minimum absolute atomic E-state index is 0.294. The van der Waals surface area contributed by atoms with Gasteiger partial charge in [-0.1, -0.05) is 23.2 Å². The molecule has 1 aromatic rings. The Kier molecular flexibility index (Phi) is 5.88. The molecule has 2 unspecified atom stereocenters. The number of rotatable bonds is 5. The number of amides is 1. The quantitative estimate of drug-likeness (QED) is 0.776. The van der Waals surface area contributed by atoms with Crippen LogP contribution in [0.4, 0.5) is 0 Å². The van der Waals surface area contributed by atoms with E-state index in [1.807, 2.05) is 0 Å². The summed E-state index contributed by atoms with van der Waals surface area (Å²) in [5, 5.41) is 22.1. The maximum absolute atomic E-state index is 11.6. The highest BCUT2D eigenvalue weighted by atomic mass is 35.5. The Labute approximate surface area is 116 Å².